The van der Waals surface area contributed by atoms with Crippen LogP contribution in [0.5, 0.6) is 0 Å². The van der Waals surface area contributed by atoms with Gasteiger partial charge in [0.2, 0.25) is 0 Å². The summed E-state index contributed by atoms with van der Waals surface area (Å²) in [5.74, 6) is 0. The molecule has 0 amide bonds. The van der Waals surface area contributed by atoms with Gasteiger partial charge in [0.25, 0.3) is 0 Å². The molecule has 1 aliphatic heterocycles. The fourth-order valence-electron chi connectivity index (χ4n) is 2.52. The molecular weight excluding hydrogens is 222 g/mol. The highest BCUT2D eigenvalue weighted by Crippen LogP contribution is 2.08. The van der Waals surface area contributed by atoms with E-state index in [2.05, 4.69) is 46.7 Å². The minimum atomic E-state index is 0.233. The van der Waals surface area contributed by atoms with Crippen molar-refractivity contribution in [2.24, 2.45) is 5.73 Å². The Morgan fingerprint density at radius 1 is 1.17 bits per heavy atom. The van der Waals surface area contributed by atoms with E-state index in [0.717, 1.165) is 39.3 Å². The van der Waals surface area contributed by atoms with E-state index in [1.54, 1.807) is 0 Å². The van der Waals surface area contributed by atoms with Crippen molar-refractivity contribution < 1.29 is 0 Å². The summed E-state index contributed by atoms with van der Waals surface area (Å²) in [6.07, 6.45) is 1.96. The Kier molecular flexibility index (Phi) is 4.93. The third-order valence-corrected chi connectivity index (χ3v) is 3.35. The van der Waals surface area contributed by atoms with Crippen LogP contribution in [-0.4, -0.2) is 48.6 Å². The molecule has 1 aliphatic rings. The Hall–Kier alpha value is -1.16. The first-order valence-corrected chi connectivity index (χ1v) is 6.63. The molecule has 0 unspecified atom stereocenters. The van der Waals surface area contributed by atoms with E-state index in [9.17, 15) is 0 Å². The summed E-state index contributed by atoms with van der Waals surface area (Å²) in [7, 11) is 0. The average molecular weight is 245 g/mol. The van der Waals surface area contributed by atoms with Crippen molar-refractivity contribution in [3.63, 3.8) is 0 Å². The summed E-state index contributed by atoms with van der Waals surface area (Å²) in [5, 5.41) is 0. The highest BCUT2D eigenvalue weighted by atomic mass is 15.2. The molecule has 3 nitrogen and oxygen atoms in total. The van der Waals surface area contributed by atoms with E-state index in [0.29, 0.717) is 0 Å². The number of nitrogens with zero attached hydrogens (tertiary/aromatic N) is 2. The number of hydrogen-bond acceptors (Lipinski definition) is 3. The molecule has 1 heterocycles. The van der Waals surface area contributed by atoms with Gasteiger partial charge in [-0.05, 0) is 5.56 Å². The maximum absolute atomic E-state index is 6.18. The minimum absolute atomic E-state index is 0.233. The molecule has 0 aliphatic carbocycles. The Morgan fingerprint density at radius 2 is 1.83 bits per heavy atom. The van der Waals surface area contributed by atoms with Crippen molar-refractivity contribution in [1.82, 2.24) is 9.80 Å². The zero-order valence-corrected chi connectivity index (χ0v) is 11.0. The molecule has 0 saturated carbocycles. The maximum Gasteiger partial charge on any atom is 0.0297 e. The lowest BCUT2D eigenvalue weighted by Gasteiger charge is -2.21. The van der Waals surface area contributed by atoms with Crippen molar-refractivity contribution in [3.05, 3.63) is 48.6 Å². The highest BCUT2D eigenvalue weighted by molar-refractivity contribution is 5.14. The Morgan fingerprint density at radius 3 is 2.56 bits per heavy atom. The monoisotopic (exact) mass is 245 g/mol. The van der Waals surface area contributed by atoms with Gasteiger partial charge in [-0.3, -0.25) is 9.80 Å². The van der Waals surface area contributed by atoms with Gasteiger partial charge < -0.3 is 5.73 Å². The van der Waals surface area contributed by atoms with Crippen molar-refractivity contribution in [3.8, 4) is 0 Å². The van der Waals surface area contributed by atoms with Crippen LogP contribution in [0.25, 0.3) is 0 Å². The molecule has 0 radical (unpaired) electrons. The van der Waals surface area contributed by atoms with Gasteiger partial charge in [0, 0.05) is 45.3 Å². The molecule has 0 bridgehead atoms. The molecule has 1 atom stereocenters. The second-order valence-corrected chi connectivity index (χ2v) is 5.03. The first-order valence-electron chi connectivity index (χ1n) is 6.63. The Balaban J connectivity index is 1.92. The maximum atomic E-state index is 6.18. The van der Waals surface area contributed by atoms with Crippen LogP contribution in [-0.2, 0) is 6.54 Å². The molecule has 1 fully saturated rings. The zero-order valence-electron chi connectivity index (χ0n) is 11.0. The quantitative estimate of drug-likeness (QED) is 0.812. The SMILES string of the molecule is C=CCN1CCN(Cc2ccccc2)C[C@H](N)C1. The second kappa shape index (κ2) is 6.69. The van der Waals surface area contributed by atoms with Gasteiger partial charge in [-0.1, -0.05) is 36.4 Å². The smallest absolute Gasteiger partial charge is 0.0297 e. The molecule has 2 N–H and O–H groups in total. The summed E-state index contributed by atoms with van der Waals surface area (Å²) in [6.45, 7) is 9.84. The summed E-state index contributed by atoms with van der Waals surface area (Å²) >= 11 is 0. The first kappa shape index (κ1) is 13.3. The molecule has 3 heteroatoms. The van der Waals surface area contributed by atoms with Crippen LogP contribution in [0.15, 0.2) is 43.0 Å². The Bertz CT molecular complexity index is 363. The van der Waals surface area contributed by atoms with Crippen molar-refractivity contribution in [1.29, 1.82) is 0 Å². The van der Waals surface area contributed by atoms with E-state index in [1.165, 1.54) is 5.56 Å². The largest absolute Gasteiger partial charge is 0.325 e. The van der Waals surface area contributed by atoms with Gasteiger partial charge in [0.1, 0.15) is 0 Å². The lowest BCUT2D eigenvalue weighted by atomic mass is 10.2. The first-order chi connectivity index (χ1) is 8.78. The molecule has 2 rings (SSSR count). The van der Waals surface area contributed by atoms with Gasteiger partial charge >= 0.3 is 0 Å². The van der Waals surface area contributed by atoms with Crippen LogP contribution in [0.1, 0.15) is 5.56 Å². The second-order valence-electron chi connectivity index (χ2n) is 5.03. The lowest BCUT2D eigenvalue weighted by molar-refractivity contribution is 0.260. The summed E-state index contributed by atoms with van der Waals surface area (Å²) < 4.78 is 0. The van der Waals surface area contributed by atoms with Gasteiger partial charge in [-0.2, -0.15) is 0 Å². The van der Waals surface area contributed by atoms with Gasteiger partial charge in [-0.25, -0.2) is 0 Å². The van der Waals surface area contributed by atoms with Crippen LogP contribution in [0, 0.1) is 0 Å². The number of rotatable bonds is 4. The van der Waals surface area contributed by atoms with E-state index >= 15 is 0 Å². The zero-order chi connectivity index (χ0) is 12.8. The molecule has 1 aromatic rings. The average Bonchev–Trinajstić information content (AvgIpc) is 2.53. The molecule has 18 heavy (non-hydrogen) atoms. The van der Waals surface area contributed by atoms with Crippen LogP contribution in [0.3, 0.4) is 0 Å². The van der Waals surface area contributed by atoms with Crippen molar-refractivity contribution in [2.45, 2.75) is 12.6 Å². The standard InChI is InChI=1S/C15H23N3/c1-2-8-17-9-10-18(13-15(16)12-17)11-14-6-4-3-5-7-14/h2-7,15H,1,8-13,16H2/t15-/m1/s1. The highest BCUT2D eigenvalue weighted by Gasteiger charge is 2.19. The van der Waals surface area contributed by atoms with Crippen LogP contribution >= 0.6 is 0 Å². The molecule has 1 aromatic carbocycles. The molecular formula is C15H23N3. The van der Waals surface area contributed by atoms with Crippen molar-refractivity contribution in [2.75, 3.05) is 32.7 Å². The minimum Gasteiger partial charge on any atom is -0.325 e. The fourth-order valence-corrected chi connectivity index (χ4v) is 2.52. The van der Waals surface area contributed by atoms with E-state index in [-0.39, 0.29) is 6.04 Å². The number of nitrogens with two attached hydrogens (primary N) is 1. The van der Waals surface area contributed by atoms with E-state index in [4.69, 9.17) is 5.73 Å². The summed E-state index contributed by atoms with van der Waals surface area (Å²) in [5.41, 5.74) is 7.54. The van der Waals surface area contributed by atoms with E-state index in [1.807, 2.05) is 6.08 Å². The Labute approximate surface area is 110 Å². The summed E-state index contributed by atoms with van der Waals surface area (Å²) in [6, 6.07) is 10.8. The van der Waals surface area contributed by atoms with Crippen molar-refractivity contribution >= 4 is 0 Å². The lowest BCUT2D eigenvalue weighted by Crippen LogP contribution is -2.40. The molecule has 0 aromatic heterocycles. The molecule has 1 saturated heterocycles. The van der Waals surface area contributed by atoms with Crippen LogP contribution < -0.4 is 5.73 Å². The topological polar surface area (TPSA) is 32.5 Å². The van der Waals surface area contributed by atoms with Crippen LogP contribution in [0.2, 0.25) is 0 Å². The normalized spacial score (nSPS) is 22.6. The predicted octanol–water partition coefficient (Wildman–Crippen LogP) is 1.32. The number of benzene rings is 1. The fraction of sp³-hybridized carbons (Fsp3) is 0.467. The third-order valence-electron chi connectivity index (χ3n) is 3.35. The van der Waals surface area contributed by atoms with E-state index < -0.39 is 0 Å². The van der Waals surface area contributed by atoms with Gasteiger partial charge in [0.15, 0.2) is 0 Å². The predicted molar refractivity (Wildman–Crippen MR) is 76.3 cm³/mol. The van der Waals surface area contributed by atoms with Crippen LogP contribution in [0.4, 0.5) is 0 Å². The molecule has 0 spiro atoms. The third kappa shape index (κ3) is 3.95. The molecule has 98 valence electrons. The number of hydrogen-bond donors (Lipinski definition) is 1. The van der Waals surface area contributed by atoms with Gasteiger partial charge in [0.05, 0.1) is 0 Å². The van der Waals surface area contributed by atoms with Gasteiger partial charge in [-0.15, -0.1) is 6.58 Å². The summed E-state index contributed by atoms with van der Waals surface area (Å²) in [4.78, 5) is 4.83.